The minimum atomic E-state index is -0.893. The molecule has 6 heteroatoms. The Labute approximate surface area is 146 Å². The maximum absolute atomic E-state index is 12.4. The third-order valence-corrected chi connectivity index (χ3v) is 5.72. The molecule has 0 saturated carbocycles. The van der Waals surface area contributed by atoms with Crippen molar-refractivity contribution in [2.24, 2.45) is 5.73 Å². The number of benzene rings is 1. The van der Waals surface area contributed by atoms with Crippen molar-refractivity contribution in [3.05, 3.63) is 32.8 Å². The summed E-state index contributed by atoms with van der Waals surface area (Å²) in [6, 6.07) is 2.08. The van der Waals surface area contributed by atoms with Crippen molar-refractivity contribution in [1.29, 1.82) is 0 Å². The molecule has 0 atom stereocenters. The molecule has 2 rings (SSSR count). The van der Waals surface area contributed by atoms with Crippen LogP contribution in [-0.2, 0) is 20.8 Å². The number of rotatable bonds is 4. The molecule has 0 unspecified atom stereocenters. The molecule has 0 radical (unpaired) electrons. The number of ether oxygens (including phenoxy) is 1. The molecule has 0 bridgehead atoms. The number of hydrogen-bond acceptors (Lipinski definition) is 5. The average Bonchev–Trinajstić information content (AvgIpc) is 2.50. The number of esters is 1. The van der Waals surface area contributed by atoms with Gasteiger partial charge in [-0.1, -0.05) is 22.0 Å². The molecule has 23 heavy (non-hydrogen) atoms. The highest BCUT2D eigenvalue weighted by molar-refractivity contribution is 9.10. The van der Waals surface area contributed by atoms with Crippen molar-refractivity contribution in [3.63, 3.8) is 0 Å². The largest absolute Gasteiger partial charge is 0.444 e. The van der Waals surface area contributed by atoms with Crippen molar-refractivity contribution in [2.45, 2.75) is 45.8 Å². The van der Waals surface area contributed by atoms with Crippen LogP contribution in [0.1, 0.15) is 35.1 Å². The van der Waals surface area contributed by atoms with E-state index in [2.05, 4.69) is 22.0 Å². The summed E-state index contributed by atoms with van der Waals surface area (Å²) in [6.45, 7) is 7.40. The third kappa shape index (κ3) is 4.32. The number of hydroxylamine groups is 2. The first-order valence-corrected chi connectivity index (χ1v) is 8.60. The van der Waals surface area contributed by atoms with Crippen LogP contribution in [0.25, 0.3) is 0 Å². The zero-order chi connectivity index (χ0) is 17.2. The Morgan fingerprint density at radius 3 is 2.48 bits per heavy atom. The fourth-order valence-corrected chi connectivity index (χ4v) is 3.38. The van der Waals surface area contributed by atoms with Gasteiger partial charge in [0.25, 0.3) is 0 Å². The lowest BCUT2D eigenvalue weighted by atomic mass is 9.97. The van der Waals surface area contributed by atoms with E-state index in [0.717, 1.165) is 21.2 Å². The molecule has 1 heterocycles. The van der Waals surface area contributed by atoms with E-state index in [1.165, 1.54) is 5.56 Å². The Morgan fingerprint density at radius 1 is 1.30 bits per heavy atom. The fourth-order valence-electron chi connectivity index (χ4n) is 3.03. The average molecular weight is 385 g/mol. The number of carbonyl (C=O) groups is 1. The number of aryl methyl sites for hydroxylation is 2. The van der Waals surface area contributed by atoms with E-state index >= 15 is 0 Å². The minimum Gasteiger partial charge on any atom is -0.444 e. The molecule has 1 aromatic rings. The Balaban J connectivity index is 2.05. The first-order chi connectivity index (χ1) is 10.8. The van der Waals surface area contributed by atoms with E-state index in [4.69, 9.17) is 15.3 Å². The second-order valence-corrected chi connectivity index (χ2v) is 7.05. The molecule has 0 spiro atoms. The summed E-state index contributed by atoms with van der Waals surface area (Å²) in [5, 5.41) is 1.82. The predicted molar refractivity (Wildman–Crippen MR) is 92.9 cm³/mol. The number of nitrogens with two attached hydrogens (primary N) is 1. The monoisotopic (exact) mass is 384 g/mol. The smallest absolute Gasteiger partial charge is 0.312 e. The van der Waals surface area contributed by atoms with Crippen molar-refractivity contribution < 1.29 is 14.4 Å². The van der Waals surface area contributed by atoms with Crippen molar-refractivity contribution >= 4 is 21.9 Å². The maximum Gasteiger partial charge on any atom is 0.312 e. The van der Waals surface area contributed by atoms with Crippen LogP contribution in [0.15, 0.2) is 10.5 Å². The van der Waals surface area contributed by atoms with Gasteiger partial charge in [0.05, 0.1) is 13.5 Å². The first kappa shape index (κ1) is 18.4. The molecule has 128 valence electrons. The van der Waals surface area contributed by atoms with Crippen LogP contribution < -0.4 is 5.73 Å². The van der Waals surface area contributed by atoms with Crippen LogP contribution >= 0.6 is 15.9 Å². The SMILES string of the molecule is CON1CCC(N)(OC(=O)Cc2c(C)cc(C)c(Br)c2C)CC1. The lowest BCUT2D eigenvalue weighted by Gasteiger charge is -2.37. The number of carbonyl (C=O) groups excluding carboxylic acids is 1. The number of nitrogens with zero attached hydrogens (tertiary/aromatic N) is 1. The van der Waals surface area contributed by atoms with E-state index < -0.39 is 5.72 Å². The van der Waals surface area contributed by atoms with Gasteiger partial charge in [-0.2, -0.15) is 5.06 Å². The molecular formula is C17H25BrN2O3. The van der Waals surface area contributed by atoms with E-state index in [0.29, 0.717) is 25.9 Å². The van der Waals surface area contributed by atoms with Crippen LogP contribution in [0, 0.1) is 20.8 Å². The van der Waals surface area contributed by atoms with Crippen LogP contribution in [0.2, 0.25) is 0 Å². The zero-order valence-electron chi connectivity index (χ0n) is 14.2. The first-order valence-electron chi connectivity index (χ1n) is 7.80. The summed E-state index contributed by atoms with van der Waals surface area (Å²) < 4.78 is 6.64. The Bertz CT molecular complexity index is 596. The highest BCUT2D eigenvalue weighted by Gasteiger charge is 2.34. The van der Waals surface area contributed by atoms with Crippen molar-refractivity contribution in [3.8, 4) is 0 Å². The van der Waals surface area contributed by atoms with Crippen LogP contribution in [-0.4, -0.2) is 37.0 Å². The molecule has 0 aliphatic carbocycles. The minimum absolute atomic E-state index is 0.240. The summed E-state index contributed by atoms with van der Waals surface area (Å²) in [4.78, 5) is 17.5. The summed E-state index contributed by atoms with van der Waals surface area (Å²) in [7, 11) is 1.64. The molecule has 1 aliphatic heterocycles. The van der Waals surface area contributed by atoms with Gasteiger partial charge in [0.15, 0.2) is 5.72 Å². The summed E-state index contributed by atoms with van der Waals surface area (Å²) in [5.74, 6) is -0.277. The summed E-state index contributed by atoms with van der Waals surface area (Å²) >= 11 is 3.58. The normalized spacial score (nSPS) is 18.0. The van der Waals surface area contributed by atoms with Gasteiger partial charge in [-0.15, -0.1) is 0 Å². The lowest BCUT2D eigenvalue weighted by molar-refractivity contribution is -0.191. The Kier molecular flexibility index (Phi) is 5.84. The Morgan fingerprint density at radius 2 is 1.91 bits per heavy atom. The highest BCUT2D eigenvalue weighted by atomic mass is 79.9. The summed E-state index contributed by atoms with van der Waals surface area (Å²) in [6.07, 6.45) is 1.38. The predicted octanol–water partition coefficient (Wildman–Crippen LogP) is 2.77. The fraction of sp³-hybridized carbons (Fsp3) is 0.588. The van der Waals surface area contributed by atoms with E-state index in [1.807, 2.05) is 25.8 Å². The molecule has 2 N–H and O–H groups in total. The molecule has 5 nitrogen and oxygen atoms in total. The van der Waals surface area contributed by atoms with E-state index in [-0.39, 0.29) is 12.4 Å². The molecular weight excluding hydrogens is 360 g/mol. The van der Waals surface area contributed by atoms with Gasteiger partial charge in [0.1, 0.15) is 0 Å². The van der Waals surface area contributed by atoms with Gasteiger partial charge in [-0.05, 0) is 43.0 Å². The highest BCUT2D eigenvalue weighted by Crippen LogP contribution is 2.28. The van der Waals surface area contributed by atoms with Gasteiger partial charge >= 0.3 is 5.97 Å². The number of piperidine rings is 1. The zero-order valence-corrected chi connectivity index (χ0v) is 15.8. The molecule has 1 fully saturated rings. The van der Waals surface area contributed by atoms with Gasteiger partial charge in [0, 0.05) is 30.4 Å². The maximum atomic E-state index is 12.4. The van der Waals surface area contributed by atoms with Crippen molar-refractivity contribution in [2.75, 3.05) is 20.2 Å². The third-order valence-electron chi connectivity index (χ3n) is 4.50. The van der Waals surface area contributed by atoms with Gasteiger partial charge < -0.3 is 9.57 Å². The van der Waals surface area contributed by atoms with Gasteiger partial charge in [0.2, 0.25) is 0 Å². The van der Waals surface area contributed by atoms with Gasteiger partial charge in [-0.25, -0.2) is 0 Å². The molecule has 1 aromatic carbocycles. The summed E-state index contributed by atoms with van der Waals surface area (Å²) in [5.41, 5.74) is 9.68. The van der Waals surface area contributed by atoms with Gasteiger partial charge in [-0.3, -0.25) is 10.5 Å². The van der Waals surface area contributed by atoms with E-state index in [1.54, 1.807) is 7.11 Å². The van der Waals surface area contributed by atoms with Crippen molar-refractivity contribution in [1.82, 2.24) is 5.06 Å². The standard InChI is InChI=1S/C17H25BrN2O3/c1-11-9-12(2)16(18)13(3)14(11)10-15(21)23-17(19)5-7-20(22-4)8-6-17/h9H,5-8,10,19H2,1-4H3. The second kappa shape index (κ2) is 7.30. The number of hydrogen-bond donors (Lipinski definition) is 1. The van der Waals surface area contributed by atoms with E-state index in [9.17, 15) is 4.79 Å². The second-order valence-electron chi connectivity index (χ2n) is 6.26. The molecule has 0 amide bonds. The lowest BCUT2D eigenvalue weighted by Crippen LogP contribution is -2.53. The molecule has 0 aromatic heterocycles. The quantitative estimate of drug-likeness (QED) is 0.638. The Hall–Kier alpha value is -0.950. The van der Waals surface area contributed by atoms with Crippen LogP contribution in [0.5, 0.6) is 0 Å². The molecule has 1 aliphatic rings. The molecule has 1 saturated heterocycles. The van der Waals surface area contributed by atoms with Crippen LogP contribution in [0.4, 0.5) is 0 Å². The number of halogens is 1. The van der Waals surface area contributed by atoms with Crippen LogP contribution in [0.3, 0.4) is 0 Å². The topological polar surface area (TPSA) is 64.8 Å².